The molecule has 9 rings (SSSR count). The molecule has 2 bridgehead atoms. The minimum atomic E-state index is -6.91. The first-order valence-electron chi connectivity index (χ1n) is 21.0. The highest BCUT2D eigenvalue weighted by Crippen LogP contribution is 2.57. The van der Waals surface area contributed by atoms with Crippen LogP contribution in [0.25, 0.3) is 32.9 Å². The Kier molecular flexibility index (Phi) is 10.5. The summed E-state index contributed by atoms with van der Waals surface area (Å²) in [5.74, 6) is 0.840. The van der Waals surface area contributed by atoms with Gasteiger partial charge in [0, 0.05) is 24.0 Å². The first-order chi connectivity index (χ1) is 30.4. The van der Waals surface area contributed by atoms with Crippen molar-refractivity contribution in [3.05, 3.63) is 53.2 Å². The molecule has 0 radical (unpaired) electrons. The second kappa shape index (κ2) is 15.2. The third-order valence-corrected chi connectivity index (χ3v) is 13.3. The SMILES string of the molecule is C#Cc1c(F)ccc2cccc(-c3nc4c5c(nc(OC[C@@]67CCCN6C[C@H](OC(C(F)(F)F)(C(F)(F)F)C(F)(F)F)C7)nc5c3F)N3C[C@H]5CC[C@@H]([C@H]3CC4)N5C(=O)OC(C)(C)C)c12. The van der Waals surface area contributed by atoms with Gasteiger partial charge in [0.1, 0.15) is 35.1 Å². The van der Waals surface area contributed by atoms with E-state index >= 15 is 8.78 Å². The number of pyridine rings is 1. The number of terminal acetylenes is 1. The molecule has 65 heavy (non-hydrogen) atoms. The standard InChI is InChI=1S/C44H41F11N6O4/c1-5-25-27(45)12-10-22-8-6-9-26(31(22)25)34-33(46)35-32-28(56-34)13-15-29-30-14-11-23(61(30)38(62)65-39(2,3)4)19-60(29)36(32)58-37(57-35)63-21-40-16-7-17-59(40)20-24(18-40)64-41(42(47,48)49,43(50,51)52)44(53,54)55/h1,6,8-10,12,23-24,29-30H,7,11,13-21H2,2-4H3/t23-,24-,29-,30+,40+/m1/s1. The summed E-state index contributed by atoms with van der Waals surface area (Å²) in [5, 5.41) is 0.913. The largest absolute Gasteiger partial charge is 0.461 e. The van der Waals surface area contributed by atoms with Crippen molar-refractivity contribution in [2.75, 3.05) is 31.1 Å². The van der Waals surface area contributed by atoms with Crippen molar-refractivity contribution in [1.82, 2.24) is 24.8 Å². The van der Waals surface area contributed by atoms with Crippen molar-refractivity contribution in [1.29, 1.82) is 0 Å². The molecular weight excluding hydrogens is 885 g/mol. The van der Waals surface area contributed by atoms with Gasteiger partial charge in [0.25, 0.3) is 0 Å². The quantitative estimate of drug-likeness (QED) is 0.139. The second-order valence-electron chi connectivity index (χ2n) is 18.4. The van der Waals surface area contributed by atoms with E-state index in [2.05, 4.69) is 15.6 Å². The Morgan fingerprint density at radius 3 is 2.29 bits per heavy atom. The second-order valence-corrected chi connectivity index (χ2v) is 18.4. The molecule has 4 aromatic rings. The van der Waals surface area contributed by atoms with Crippen LogP contribution in [0, 0.1) is 24.0 Å². The molecule has 0 spiro atoms. The summed E-state index contributed by atoms with van der Waals surface area (Å²) in [6.45, 7) is 4.33. The van der Waals surface area contributed by atoms with E-state index in [1.54, 1.807) is 37.8 Å². The zero-order valence-electron chi connectivity index (χ0n) is 35.0. The smallest absolute Gasteiger partial charge is 0.435 e. The molecule has 4 saturated heterocycles. The van der Waals surface area contributed by atoms with E-state index in [0.29, 0.717) is 36.8 Å². The van der Waals surface area contributed by atoms with Crippen molar-refractivity contribution in [3.8, 4) is 29.6 Å². The van der Waals surface area contributed by atoms with Crippen molar-refractivity contribution in [3.63, 3.8) is 0 Å². The molecule has 0 N–H and O–H groups in total. The van der Waals surface area contributed by atoms with Crippen LogP contribution in [0.1, 0.15) is 70.6 Å². The molecule has 7 heterocycles. The van der Waals surface area contributed by atoms with Gasteiger partial charge in [0.2, 0.25) is 0 Å². The molecule has 2 aromatic carbocycles. The third-order valence-electron chi connectivity index (χ3n) is 13.3. The predicted octanol–water partition coefficient (Wildman–Crippen LogP) is 9.44. The number of halogens is 11. The molecule has 0 saturated carbocycles. The van der Waals surface area contributed by atoms with Crippen LogP contribution in [0.15, 0.2) is 30.3 Å². The lowest BCUT2D eigenvalue weighted by Crippen LogP contribution is -2.68. The molecule has 10 nitrogen and oxygen atoms in total. The molecule has 5 atom stereocenters. The molecule has 5 aliphatic heterocycles. The molecule has 21 heteroatoms. The van der Waals surface area contributed by atoms with Gasteiger partial charge in [-0.25, -0.2) is 18.6 Å². The fraction of sp³-hybridized carbons (Fsp3) is 0.545. The highest BCUT2D eigenvalue weighted by Gasteiger charge is 2.86. The van der Waals surface area contributed by atoms with Crippen molar-refractivity contribution < 1.29 is 67.3 Å². The summed E-state index contributed by atoms with van der Waals surface area (Å²) in [4.78, 5) is 32.8. The molecule has 4 fully saturated rings. The zero-order valence-corrected chi connectivity index (χ0v) is 35.0. The number of ether oxygens (including phenoxy) is 3. The molecule has 5 aliphatic rings. The summed E-state index contributed by atoms with van der Waals surface area (Å²) in [7, 11) is 0. The fourth-order valence-corrected chi connectivity index (χ4v) is 10.7. The Balaban J connectivity index is 1.13. The maximum atomic E-state index is 17.5. The van der Waals surface area contributed by atoms with Gasteiger partial charge >= 0.3 is 36.2 Å². The van der Waals surface area contributed by atoms with Crippen LogP contribution in [0.5, 0.6) is 6.01 Å². The van der Waals surface area contributed by atoms with E-state index in [1.807, 2.05) is 4.90 Å². The van der Waals surface area contributed by atoms with Gasteiger partial charge in [-0.2, -0.15) is 49.5 Å². The number of rotatable bonds is 6. The van der Waals surface area contributed by atoms with E-state index < -0.39 is 90.7 Å². The van der Waals surface area contributed by atoms with Crippen LogP contribution in [-0.2, 0) is 15.9 Å². The Bertz CT molecular complexity index is 2590. The van der Waals surface area contributed by atoms with Crippen LogP contribution in [-0.4, -0.2) is 117 Å². The Morgan fingerprint density at radius 1 is 0.892 bits per heavy atom. The van der Waals surface area contributed by atoms with Gasteiger partial charge in [-0.15, -0.1) is 6.42 Å². The Labute approximate surface area is 364 Å². The number of aryl methyl sites for hydroxylation is 1. The number of carbonyl (C=O) groups excluding carboxylic acids is 1. The number of carbonyl (C=O) groups is 1. The van der Waals surface area contributed by atoms with E-state index in [9.17, 15) is 44.3 Å². The average molecular weight is 927 g/mol. The summed E-state index contributed by atoms with van der Waals surface area (Å²) in [5.41, 5.74) is -8.80. The van der Waals surface area contributed by atoms with Gasteiger partial charge in [-0.1, -0.05) is 30.2 Å². The molecular formula is C44H41F11N6O4. The minimum absolute atomic E-state index is 0.0874. The number of hydrogen-bond acceptors (Lipinski definition) is 9. The van der Waals surface area contributed by atoms with E-state index in [1.165, 1.54) is 23.1 Å². The average Bonchev–Trinajstić information content (AvgIpc) is 3.82. The maximum absolute atomic E-state index is 17.5. The number of alkyl halides is 9. The number of fused-ring (bicyclic) bond motifs is 7. The lowest BCUT2D eigenvalue weighted by Gasteiger charge is -2.47. The van der Waals surface area contributed by atoms with E-state index in [4.69, 9.17) is 25.9 Å². The first-order valence-corrected chi connectivity index (χ1v) is 21.0. The number of amides is 1. The predicted molar refractivity (Wildman–Crippen MR) is 212 cm³/mol. The maximum Gasteiger partial charge on any atom is 0.435 e. The molecule has 1 amide bonds. The number of anilines is 1. The first kappa shape index (κ1) is 44.9. The lowest BCUT2D eigenvalue weighted by molar-refractivity contribution is -0.463. The van der Waals surface area contributed by atoms with Gasteiger partial charge in [-0.05, 0) is 83.7 Å². The van der Waals surface area contributed by atoms with Crippen LogP contribution in [0.4, 0.5) is 58.9 Å². The van der Waals surface area contributed by atoms with Crippen molar-refractivity contribution in [2.24, 2.45) is 0 Å². The van der Waals surface area contributed by atoms with Crippen LogP contribution >= 0.6 is 0 Å². The summed E-state index contributed by atoms with van der Waals surface area (Å²) in [6, 6.07) is 5.89. The Hall–Kier alpha value is -5.23. The molecule has 2 aromatic heterocycles. The normalized spacial score (nSPS) is 24.9. The van der Waals surface area contributed by atoms with Gasteiger partial charge < -0.3 is 19.1 Å². The van der Waals surface area contributed by atoms with Gasteiger partial charge in [0.05, 0.1) is 46.4 Å². The van der Waals surface area contributed by atoms with E-state index in [0.717, 1.165) is 0 Å². The summed E-state index contributed by atoms with van der Waals surface area (Å²) < 4.78 is 174. The van der Waals surface area contributed by atoms with Gasteiger partial charge in [0.15, 0.2) is 5.82 Å². The number of piperazine rings is 1. The highest BCUT2D eigenvalue weighted by molar-refractivity contribution is 6.03. The summed E-state index contributed by atoms with van der Waals surface area (Å²) >= 11 is 0. The number of nitrogens with zero attached hydrogens (tertiary/aromatic N) is 6. The Morgan fingerprint density at radius 2 is 1.62 bits per heavy atom. The topological polar surface area (TPSA) is 93.2 Å². The third kappa shape index (κ3) is 7.15. The molecule has 348 valence electrons. The summed E-state index contributed by atoms with van der Waals surface area (Å²) in [6.07, 6.45) is -16.1. The van der Waals surface area contributed by atoms with Crippen LogP contribution in [0.2, 0.25) is 0 Å². The zero-order chi connectivity index (χ0) is 46.8. The van der Waals surface area contributed by atoms with E-state index in [-0.39, 0.29) is 76.9 Å². The van der Waals surface area contributed by atoms with Gasteiger partial charge in [-0.3, -0.25) is 9.80 Å². The number of aromatic nitrogens is 3. The minimum Gasteiger partial charge on any atom is -0.461 e. The number of hydrogen-bond donors (Lipinski definition) is 0. The highest BCUT2D eigenvalue weighted by atomic mass is 19.4. The van der Waals surface area contributed by atoms with Crippen molar-refractivity contribution >= 4 is 33.6 Å². The number of benzene rings is 2. The van der Waals surface area contributed by atoms with Crippen LogP contribution < -0.4 is 9.64 Å². The monoisotopic (exact) mass is 926 g/mol. The lowest BCUT2D eigenvalue weighted by atomic mass is 9.93. The molecule has 0 unspecified atom stereocenters. The van der Waals surface area contributed by atoms with Crippen LogP contribution in [0.3, 0.4) is 0 Å². The van der Waals surface area contributed by atoms with Crippen molar-refractivity contribution in [2.45, 2.75) is 125 Å². The fourth-order valence-electron chi connectivity index (χ4n) is 10.7. The molecule has 0 aliphatic carbocycles.